The van der Waals surface area contributed by atoms with Crippen molar-refractivity contribution in [2.45, 2.75) is 13.0 Å². The third-order valence-electron chi connectivity index (χ3n) is 4.96. The largest absolute Gasteiger partial charge is 0.477 e. The van der Waals surface area contributed by atoms with Crippen molar-refractivity contribution in [1.29, 1.82) is 0 Å². The molecule has 29 heavy (non-hydrogen) atoms. The summed E-state index contributed by atoms with van der Waals surface area (Å²) >= 11 is 1.59. The Balaban J connectivity index is 1.76. The SMILES string of the molecule is Cc1nc(N2C[C@@H](C(N)=O)Oc3ccccc32)c2c(-c3ccccc3)csc2n1. The molecule has 0 fully saturated rings. The van der Waals surface area contributed by atoms with Crippen LogP contribution in [0, 0.1) is 6.92 Å². The van der Waals surface area contributed by atoms with Crippen LogP contribution in [-0.4, -0.2) is 28.5 Å². The number of carbonyl (C=O) groups excluding carboxylic acids is 1. The Morgan fingerprint density at radius 3 is 2.69 bits per heavy atom. The lowest BCUT2D eigenvalue weighted by atomic mass is 10.1. The number of benzene rings is 2. The van der Waals surface area contributed by atoms with Crippen molar-refractivity contribution < 1.29 is 9.53 Å². The van der Waals surface area contributed by atoms with Gasteiger partial charge in [0.25, 0.3) is 5.91 Å². The first-order valence-electron chi connectivity index (χ1n) is 9.25. The first kappa shape index (κ1) is 17.6. The summed E-state index contributed by atoms with van der Waals surface area (Å²) in [5, 5.41) is 3.07. The van der Waals surface area contributed by atoms with Crippen LogP contribution in [0.15, 0.2) is 60.0 Å². The fourth-order valence-corrected chi connectivity index (χ4v) is 4.62. The maximum atomic E-state index is 11.9. The Morgan fingerprint density at radius 1 is 1.14 bits per heavy atom. The van der Waals surface area contributed by atoms with Crippen molar-refractivity contribution in [3.63, 3.8) is 0 Å². The van der Waals surface area contributed by atoms with E-state index in [9.17, 15) is 4.79 Å². The van der Waals surface area contributed by atoms with Crippen molar-refractivity contribution in [3.05, 3.63) is 65.8 Å². The summed E-state index contributed by atoms with van der Waals surface area (Å²) < 4.78 is 5.83. The minimum Gasteiger partial charge on any atom is -0.477 e. The molecule has 0 aliphatic carbocycles. The summed E-state index contributed by atoms with van der Waals surface area (Å²) in [5.74, 6) is 1.55. The predicted octanol–water partition coefficient (Wildman–Crippen LogP) is 4.05. The number of aryl methyl sites for hydroxylation is 1. The molecule has 0 radical (unpaired) electrons. The van der Waals surface area contributed by atoms with E-state index >= 15 is 0 Å². The molecule has 2 aromatic heterocycles. The highest BCUT2D eigenvalue weighted by Crippen LogP contribution is 2.44. The minimum atomic E-state index is -0.756. The van der Waals surface area contributed by atoms with Gasteiger partial charge in [0.05, 0.1) is 17.6 Å². The molecule has 2 aromatic carbocycles. The second-order valence-corrected chi connectivity index (χ2v) is 7.74. The lowest BCUT2D eigenvalue weighted by molar-refractivity contribution is -0.124. The second-order valence-electron chi connectivity index (χ2n) is 6.88. The number of carbonyl (C=O) groups is 1. The summed E-state index contributed by atoms with van der Waals surface area (Å²) in [4.78, 5) is 24.3. The highest BCUT2D eigenvalue weighted by Gasteiger charge is 2.32. The zero-order valence-electron chi connectivity index (χ0n) is 15.7. The van der Waals surface area contributed by atoms with Gasteiger partial charge in [0, 0.05) is 10.9 Å². The molecule has 0 saturated carbocycles. The Bertz CT molecular complexity index is 1220. The van der Waals surface area contributed by atoms with E-state index in [2.05, 4.69) is 22.5 Å². The van der Waals surface area contributed by atoms with Gasteiger partial charge in [0.15, 0.2) is 6.10 Å². The molecule has 5 rings (SSSR count). The number of anilines is 2. The van der Waals surface area contributed by atoms with E-state index in [1.807, 2.05) is 54.3 Å². The molecule has 0 bridgehead atoms. The minimum absolute atomic E-state index is 0.294. The van der Waals surface area contributed by atoms with Crippen LogP contribution in [0.4, 0.5) is 11.5 Å². The van der Waals surface area contributed by atoms with Crippen molar-refractivity contribution in [2.24, 2.45) is 5.73 Å². The quantitative estimate of drug-likeness (QED) is 0.559. The van der Waals surface area contributed by atoms with Gasteiger partial charge in [-0.15, -0.1) is 11.3 Å². The van der Waals surface area contributed by atoms with Crippen molar-refractivity contribution in [2.75, 3.05) is 11.4 Å². The summed E-state index contributed by atoms with van der Waals surface area (Å²) in [6.45, 7) is 2.17. The fourth-order valence-electron chi connectivity index (χ4n) is 3.64. The molecule has 144 valence electrons. The van der Waals surface area contributed by atoms with E-state index in [4.69, 9.17) is 15.5 Å². The van der Waals surface area contributed by atoms with Gasteiger partial charge in [-0.3, -0.25) is 4.79 Å². The van der Waals surface area contributed by atoms with Crippen LogP contribution in [0.3, 0.4) is 0 Å². The number of rotatable bonds is 3. The van der Waals surface area contributed by atoms with E-state index in [1.54, 1.807) is 11.3 Å². The zero-order chi connectivity index (χ0) is 20.0. The van der Waals surface area contributed by atoms with Gasteiger partial charge >= 0.3 is 0 Å². The van der Waals surface area contributed by atoms with E-state index in [0.717, 1.165) is 32.8 Å². The van der Waals surface area contributed by atoms with Gasteiger partial charge in [-0.1, -0.05) is 42.5 Å². The number of ether oxygens (including phenoxy) is 1. The molecule has 1 aliphatic rings. The summed E-state index contributed by atoms with van der Waals surface area (Å²) in [5.41, 5.74) is 8.61. The molecule has 0 unspecified atom stereocenters. The van der Waals surface area contributed by atoms with E-state index in [-0.39, 0.29) is 0 Å². The highest BCUT2D eigenvalue weighted by atomic mass is 32.1. The highest BCUT2D eigenvalue weighted by molar-refractivity contribution is 7.17. The number of primary amides is 1. The molecule has 4 aromatic rings. The van der Waals surface area contributed by atoms with Crippen molar-refractivity contribution in [3.8, 4) is 16.9 Å². The molecule has 1 atom stereocenters. The molecule has 0 saturated heterocycles. The molecule has 1 aliphatic heterocycles. The van der Waals surface area contributed by atoms with E-state index < -0.39 is 12.0 Å². The summed E-state index contributed by atoms with van der Waals surface area (Å²) in [6, 6.07) is 17.8. The summed E-state index contributed by atoms with van der Waals surface area (Å²) in [6.07, 6.45) is -0.756. The van der Waals surface area contributed by atoms with Gasteiger partial charge in [0.2, 0.25) is 0 Å². The Kier molecular flexibility index (Phi) is 4.17. The van der Waals surface area contributed by atoms with Crippen LogP contribution in [0.25, 0.3) is 21.3 Å². The monoisotopic (exact) mass is 402 g/mol. The number of nitrogens with zero attached hydrogens (tertiary/aromatic N) is 3. The predicted molar refractivity (Wildman–Crippen MR) is 115 cm³/mol. The number of aromatic nitrogens is 2. The van der Waals surface area contributed by atoms with Gasteiger partial charge in [-0.2, -0.15) is 0 Å². The number of hydrogen-bond donors (Lipinski definition) is 1. The molecule has 3 heterocycles. The second kappa shape index (κ2) is 6.86. The molecular weight excluding hydrogens is 384 g/mol. The third-order valence-corrected chi connectivity index (χ3v) is 5.83. The van der Waals surface area contributed by atoms with E-state index in [1.165, 1.54) is 0 Å². The van der Waals surface area contributed by atoms with Crippen LogP contribution in [0.1, 0.15) is 5.82 Å². The van der Waals surface area contributed by atoms with Crippen LogP contribution >= 0.6 is 11.3 Å². The lowest BCUT2D eigenvalue weighted by Crippen LogP contribution is -2.45. The van der Waals surface area contributed by atoms with Crippen molar-refractivity contribution >= 4 is 39.0 Å². The smallest absolute Gasteiger partial charge is 0.260 e. The molecule has 6 nitrogen and oxygen atoms in total. The summed E-state index contributed by atoms with van der Waals surface area (Å²) in [7, 11) is 0. The number of amides is 1. The topological polar surface area (TPSA) is 81.3 Å². The third kappa shape index (κ3) is 3.00. The first-order valence-corrected chi connectivity index (χ1v) is 10.1. The fraction of sp³-hybridized carbons (Fsp3) is 0.136. The Labute approximate surface area is 171 Å². The van der Waals surface area contributed by atoms with E-state index in [0.29, 0.717) is 18.1 Å². The van der Waals surface area contributed by atoms with Gasteiger partial charge in [0.1, 0.15) is 22.2 Å². The van der Waals surface area contributed by atoms with Crippen LogP contribution in [-0.2, 0) is 4.79 Å². The molecule has 2 N–H and O–H groups in total. The normalized spacial score (nSPS) is 15.8. The Hall–Kier alpha value is -3.45. The molecule has 7 heteroatoms. The number of nitrogens with two attached hydrogens (primary N) is 1. The molecular formula is C22H18N4O2S. The van der Waals surface area contributed by atoms with Gasteiger partial charge in [-0.25, -0.2) is 9.97 Å². The Morgan fingerprint density at radius 2 is 1.90 bits per heavy atom. The van der Waals surface area contributed by atoms with Crippen LogP contribution < -0.4 is 15.4 Å². The first-order chi connectivity index (χ1) is 14.1. The standard InChI is InChI=1S/C22H18N4O2S/c1-13-24-21(19-15(12-29-22(19)25-13)14-7-3-2-4-8-14)26-11-18(20(23)27)28-17-10-6-5-9-16(17)26/h2-10,12,18H,11H2,1H3,(H2,23,27)/t18-/m0/s1. The molecule has 1 amide bonds. The maximum Gasteiger partial charge on any atom is 0.260 e. The van der Waals surface area contributed by atoms with Gasteiger partial charge < -0.3 is 15.4 Å². The average Bonchev–Trinajstić information content (AvgIpc) is 3.16. The number of fused-ring (bicyclic) bond motifs is 2. The van der Waals surface area contributed by atoms with Crippen LogP contribution in [0.5, 0.6) is 5.75 Å². The number of hydrogen-bond acceptors (Lipinski definition) is 6. The number of thiophene rings is 1. The van der Waals surface area contributed by atoms with Crippen LogP contribution in [0.2, 0.25) is 0 Å². The number of para-hydroxylation sites is 2. The average molecular weight is 402 g/mol. The van der Waals surface area contributed by atoms with Gasteiger partial charge in [-0.05, 0) is 24.6 Å². The lowest BCUT2D eigenvalue weighted by Gasteiger charge is -2.34. The maximum absolute atomic E-state index is 11.9. The molecule has 0 spiro atoms. The van der Waals surface area contributed by atoms with Crippen molar-refractivity contribution in [1.82, 2.24) is 9.97 Å². The zero-order valence-corrected chi connectivity index (χ0v) is 16.5.